The summed E-state index contributed by atoms with van der Waals surface area (Å²) in [4.78, 5) is 0. The SMILES string of the molecule is CCCCCCCCCCCCOc1c(N)cccc1F. The van der Waals surface area contributed by atoms with Gasteiger partial charge in [0.15, 0.2) is 11.6 Å². The Morgan fingerprint density at radius 3 is 2.05 bits per heavy atom. The quantitative estimate of drug-likeness (QED) is 0.396. The second-order valence-corrected chi connectivity index (χ2v) is 5.69. The number of rotatable bonds is 12. The molecule has 2 nitrogen and oxygen atoms in total. The Kier molecular flexibility index (Phi) is 9.68. The van der Waals surface area contributed by atoms with Gasteiger partial charge in [-0.3, -0.25) is 0 Å². The molecule has 0 saturated carbocycles. The van der Waals surface area contributed by atoms with E-state index in [0.717, 1.165) is 12.8 Å². The number of benzene rings is 1. The van der Waals surface area contributed by atoms with Crippen molar-refractivity contribution in [3.63, 3.8) is 0 Å². The van der Waals surface area contributed by atoms with Gasteiger partial charge in [-0.2, -0.15) is 0 Å². The molecule has 21 heavy (non-hydrogen) atoms. The third-order valence-electron chi connectivity index (χ3n) is 3.74. The molecule has 0 aliphatic rings. The van der Waals surface area contributed by atoms with Crippen LogP contribution in [0.3, 0.4) is 0 Å². The van der Waals surface area contributed by atoms with Crippen molar-refractivity contribution in [3.05, 3.63) is 24.0 Å². The van der Waals surface area contributed by atoms with E-state index in [0.29, 0.717) is 12.3 Å². The molecule has 0 spiro atoms. The van der Waals surface area contributed by atoms with Crippen molar-refractivity contribution in [2.24, 2.45) is 0 Å². The van der Waals surface area contributed by atoms with E-state index in [-0.39, 0.29) is 11.6 Å². The number of halogens is 1. The number of unbranched alkanes of at least 4 members (excludes halogenated alkanes) is 9. The van der Waals surface area contributed by atoms with Crippen LogP contribution in [-0.4, -0.2) is 6.61 Å². The Bertz CT molecular complexity index is 361. The molecule has 0 heterocycles. The third kappa shape index (κ3) is 7.93. The molecule has 1 aromatic rings. The van der Waals surface area contributed by atoms with Gasteiger partial charge in [-0.1, -0.05) is 70.8 Å². The van der Waals surface area contributed by atoms with Crippen molar-refractivity contribution in [1.82, 2.24) is 0 Å². The zero-order chi connectivity index (χ0) is 15.3. The van der Waals surface area contributed by atoms with Crippen LogP contribution in [0, 0.1) is 5.82 Å². The molecule has 120 valence electrons. The minimum Gasteiger partial charge on any atom is -0.488 e. The normalized spacial score (nSPS) is 10.8. The van der Waals surface area contributed by atoms with E-state index < -0.39 is 0 Å². The van der Waals surface area contributed by atoms with E-state index >= 15 is 0 Å². The molecule has 0 unspecified atom stereocenters. The van der Waals surface area contributed by atoms with E-state index in [4.69, 9.17) is 10.5 Å². The van der Waals surface area contributed by atoms with Gasteiger partial charge in [-0.25, -0.2) is 4.39 Å². The fourth-order valence-corrected chi connectivity index (χ4v) is 2.44. The van der Waals surface area contributed by atoms with E-state index in [1.807, 2.05) is 0 Å². The molecule has 0 saturated heterocycles. The zero-order valence-electron chi connectivity index (χ0n) is 13.4. The standard InChI is InChI=1S/C18H30FNO/c1-2-3-4-5-6-7-8-9-10-11-15-21-18-16(19)13-12-14-17(18)20/h12-14H,2-11,15,20H2,1H3. The van der Waals surface area contributed by atoms with Crippen LogP contribution >= 0.6 is 0 Å². The minimum atomic E-state index is -0.373. The maximum absolute atomic E-state index is 13.4. The van der Waals surface area contributed by atoms with Gasteiger partial charge in [-0.15, -0.1) is 0 Å². The molecule has 1 aromatic carbocycles. The maximum atomic E-state index is 13.4. The van der Waals surface area contributed by atoms with Crippen LogP contribution in [0.5, 0.6) is 5.75 Å². The first kappa shape index (κ1) is 17.8. The molecule has 0 amide bonds. The Morgan fingerprint density at radius 1 is 0.905 bits per heavy atom. The zero-order valence-corrected chi connectivity index (χ0v) is 13.4. The van der Waals surface area contributed by atoms with Crippen LogP contribution in [0.4, 0.5) is 10.1 Å². The summed E-state index contributed by atoms with van der Waals surface area (Å²) in [6.07, 6.45) is 12.8. The van der Waals surface area contributed by atoms with Crippen LogP contribution in [0.1, 0.15) is 71.1 Å². The number of para-hydroxylation sites is 1. The van der Waals surface area contributed by atoms with Gasteiger partial charge >= 0.3 is 0 Å². The van der Waals surface area contributed by atoms with Gasteiger partial charge in [0.1, 0.15) is 0 Å². The summed E-state index contributed by atoms with van der Waals surface area (Å²) in [5.41, 5.74) is 6.06. The van der Waals surface area contributed by atoms with Gasteiger partial charge in [0.2, 0.25) is 0 Å². The monoisotopic (exact) mass is 295 g/mol. The molecular formula is C18H30FNO. The second kappa shape index (κ2) is 11.4. The van der Waals surface area contributed by atoms with Crippen molar-refractivity contribution < 1.29 is 9.13 Å². The number of ether oxygens (including phenoxy) is 1. The van der Waals surface area contributed by atoms with Crippen LogP contribution in [0.15, 0.2) is 18.2 Å². The maximum Gasteiger partial charge on any atom is 0.177 e. The molecule has 2 N–H and O–H groups in total. The minimum absolute atomic E-state index is 0.202. The summed E-state index contributed by atoms with van der Waals surface area (Å²) in [5, 5.41) is 0. The Balaban J connectivity index is 1.95. The largest absolute Gasteiger partial charge is 0.488 e. The summed E-state index contributed by atoms with van der Waals surface area (Å²) >= 11 is 0. The van der Waals surface area contributed by atoms with E-state index in [1.54, 1.807) is 12.1 Å². The number of nitrogens with two attached hydrogens (primary N) is 1. The lowest BCUT2D eigenvalue weighted by Crippen LogP contribution is -2.02. The van der Waals surface area contributed by atoms with Crippen molar-refractivity contribution in [2.75, 3.05) is 12.3 Å². The molecular weight excluding hydrogens is 265 g/mol. The van der Waals surface area contributed by atoms with E-state index in [2.05, 4.69) is 6.92 Å². The first-order valence-corrected chi connectivity index (χ1v) is 8.42. The van der Waals surface area contributed by atoms with Crippen molar-refractivity contribution in [3.8, 4) is 5.75 Å². The predicted octanol–water partition coefficient (Wildman–Crippen LogP) is 5.71. The highest BCUT2D eigenvalue weighted by Gasteiger charge is 2.06. The van der Waals surface area contributed by atoms with Crippen molar-refractivity contribution >= 4 is 5.69 Å². The van der Waals surface area contributed by atoms with Crippen LogP contribution < -0.4 is 10.5 Å². The molecule has 0 fully saturated rings. The van der Waals surface area contributed by atoms with Gasteiger partial charge in [-0.05, 0) is 18.6 Å². The van der Waals surface area contributed by atoms with Crippen molar-refractivity contribution in [1.29, 1.82) is 0 Å². The fourth-order valence-electron chi connectivity index (χ4n) is 2.44. The lowest BCUT2D eigenvalue weighted by Gasteiger charge is -2.09. The molecule has 0 aromatic heterocycles. The molecule has 3 heteroatoms. The van der Waals surface area contributed by atoms with Crippen LogP contribution in [0.25, 0.3) is 0 Å². The third-order valence-corrected chi connectivity index (χ3v) is 3.74. The van der Waals surface area contributed by atoms with E-state index in [9.17, 15) is 4.39 Å². The highest BCUT2D eigenvalue weighted by Crippen LogP contribution is 2.24. The fraction of sp³-hybridized carbons (Fsp3) is 0.667. The average molecular weight is 295 g/mol. The Hall–Kier alpha value is -1.25. The molecule has 0 aliphatic heterocycles. The molecule has 0 atom stereocenters. The Labute approximate surface area is 128 Å². The summed E-state index contributed by atoms with van der Waals surface area (Å²) in [6, 6.07) is 4.64. The van der Waals surface area contributed by atoms with Gasteiger partial charge in [0.25, 0.3) is 0 Å². The smallest absolute Gasteiger partial charge is 0.177 e. The summed E-state index contributed by atoms with van der Waals surface area (Å²) in [5.74, 6) is -0.171. The molecule has 0 aliphatic carbocycles. The summed E-state index contributed by atoms with van der Waals surface area (Å²) < 4.78 is 18.9. The second-order valence-electron chi connectivity index (χ2n) is 5.69. The van der Waals surface area contributed by atoms with Gasteiger partial charge < -0.3 is 10.5 Å². The topological polar surface area (TPSA) is 35.2 Å². The highest BCUT2D eigenvalue weighted by molar-refractivity contribution is 5.52. The first-order chi connectivity index (χ1) is 10.3. The Morgan fingerprint density at radius 2 is 1.48 bits per heavy atom. The average Bonchev–Trinajstić information content (AvgIpc) is 2.47. The summed E-state index contributed by atoms with van der Waals surface area (Å²) in [6.45, 7) is 2.79. The molecule has 1 rings (SSSR count). The number of nitrogen functional groups attached to an aromatic ring is 1. The van der Waals surface area contributed by atoms with Crippen molar-refractivity contribution in [2.45, 2.75) is 71.1 Å². The van der Waals surface area contributed by atoms with E-state index in [1.165, 1.54) is 57.4 Å². The predicted molar refractivity (Wildman–Crippen MR) is 88.2 cm³/mol. The van der Waals surface area contributed by atoms with Crippen LogP contribution in [-0.2, 0) is 0 Å². The van der Waals surface area contributed by atoms with Gasteiger partial charge in [0, 0.05) is 0 Å². The first-order valence-electron chi connectivity index (χ1n) is 8.42. The number of anilines is 1. The summed E-state index contributed by atoms with van der Waals surface area (Å²) in [7, 11) is 0. The highest BCUT2D eigenvalue weighted by atomic mass is 19.1. The number of hydrogen-bond donors (Lipinski definition) is 1. The number of hydrogen-bond acceptors (Lipinski definition) is 2. The molecule has 0 radical (unpaired) electrons. The molecule has 0 bridgehead atoms. The lowest BCUT2D eigenvalue weighted by molar-refractivity contribution is 0.291. The van der Waals surface area contributed by atoms with Gasteiger partial charge in [0.05, 0.1) is 12.3 Å². The van der Waals surface area contributed by atoms with Crippen LogP contribution in [0.2, 0.25) is 0 Å². The lowest BCUT2D eigenvalue weighted by atomic mass is 10.1.